The third-order valence-corrected chi connectivity index (χ3v) is 3.66. The first-order valence-electron chi connectivity index (χ1n) is 6.76. The highest BCUT2D eigenvalue weighted by molar-refractivity contribution is 6.31. The molecular formula is C15H14ClF3N2O2. The second-order valence-electron chi connectivity index (χ2n) is 5.38. The summed E-state index contributed by atoms with van der Waals surface area (Å²) in [5, 5.41) is 13.3. The molecule has 0 fully saturated rings. The molecule has 0 aliphatic heterocycles. The van der Waals surface area contributed by atoms with Crippen LogP contribution in [0, 0.1) is 0 Å². The van der Waals surface area contributed by atoms with Gasteiger partial charge in [0.2, 0.25) is 0 Å². The average Bonchev–Trinajstić information content (AvgIpc) is 2.84. The fraction of sp³-hybridized carbons (Fsp3) is 0.333. The van der Waals surface area contributed by atoms with Crippen LogP contribution < -0.4 is 0 Å². The van der Waals surface area contributed by atoms with Crippen molar-refractivity contribution in [1.82, 2.24) is 9.78 Å². The van der Waals surface area contributed by atoms with Crippen LogP contribution in [0.5, 0.6) is 0 Å². The lowest BCUT2D eigenvalue weighted by Gasteiger charge is -2.11. The maximum absolute atomic E-state index is 12.6. The molecule has 1 aromatic carbocycles. The standard InChI is InChI=1S/C15H14ClF3N2O2/c1-8(2)12-6-13(14(22)23)21(20-12)7-9-3-4-10(5-11(9)16)15(17,18)19/h3-6,8H,7H2,1-2H3,(H,22,23). The fourth-order valence-electron chi connectivity index (χ4n) is 2.02. The SMILES string of the molecule is CC(C)c1cc(C(=O)O)n(Cc2ccc(C(F)(F)F)cc2Cl)n1. The van der Waals surface area contributed by atoms with E-state index < -0.39 is 17.7 Å². The van der Waals surface area contributed by atoms with Crippen LogP contribution in [0.1, 0.15) is 47.1 Å². The quantitative estimate of drug-likeness (QED) is 0.891. The molecule has 0 spiro atoms. The molecule has 124 valence electrons. The number of carboxylic acid groups (broad SMARTS) is 1. The lowest BCUT2D eigenvalue weighted by molar-refractivity contribution is -0.137. The normalized spacial score (nSPS) is 12.0. The van der Waals surface area contributed by atoms with Crippen molar-refractivity contribution in [1.29, 1.82) is 0 Å². The number of hydrogen-bond acceptors (Lipinski definition) is 2. The Labute approximate surface area is 135 Å². The van der Waals surface area contributed by atoms with Gasteiger partial charge in [-0.1, -0.05) is 31.5 Å². The Kier molecular flexibility index (Phi) is 4.70. The molecule has 1 aromatic heterocycles. The first kappa shape index (κ1) is 17.3. The minimum absolute atomic E-state index is 0.0225. The molecule has 1 N–H and O–H groups in total. The summed E-state index contributed by atoms with van der Waals surface area (Å²) in [4.78, 5) is 11.3. The zero-order chi connectivity index (χ0) is 17.4. The van der Waals surface area contributed by atoms with E-state index in [-0.39, 0.29) is 23.2 Å². The largest absolute Gasteiger partial charge is 0.477 e. The van der Waals surface area contributed by atoms with Gasteiger partial charge in [-0.3, -0.25) is 4.68 Å². The number of carbonyl (C=O) groups is 1. The van der Waals surface area contributed by atoms with Crippen molar-refractivity contribution in [2.45, 2.75) is 32.5 Å². The average molecular weight is 347 g/mol. The monoisotopic (exact) mass is 346 g/mol. The van der Waals surface area contributed by atoms with Crippen LogP contribution >= 0.6 is 11.6 Å². The van der Waals surface area contributed by atoms with Gasteiger partial charge in [-0.25, -0.2) is 4.79 Å². The summed E-state index contributed by atoms with van der Waals surface area (Å²) in [5.74, 6) is -1.13. The summed E-state index contributed by atoms with van der Waals surface area (Å²) in [6.07, 6.45) is -4.48. The maximum atomic E-state index is 12.6. The summed E-state index contributed by atoms with van der Waals surface area (Å²) < 4.78 is 39.1. The molecular weight excluding hydrogens is 333 g/mol. The van der Waals surface area contributed by atoms with E-state index in [0.29, 0.717) is 11.3 Å². The van der Waals surface area contributed by atoms with Gasteiger partial charge >= 0.3 is 12.1 Å². The highest BCUT2D eigenvalue weighted by atomic mass is 35.5. The Bertz CT molecular complexity index is 739. The molecule has 0 radical (unpaired) electrons. The molecule has 0 saturated heterocycles. The Morgan fingerprint density at radius 1 is 1.35 bits per heavy atom. The van der Waals surface area contributed by atoms with Crippen LogP contribution in [-0.2, 0) is 12.7 Å². The summed E-state index contributed by atoms with van der Waals surface area (Å²) in [6, 6.07) is 4.41. The predicted molar refractivity (Wildman–Crippen MR) is 78.8 cm³/mol. The molecule has 0 amide bonds. The van der Waals surface area contributed by atoms with Gasteiger partial charge in [-0.2, -0.15) is 18.3 Å². The molecule has 1 heterocycles. The number of hydrogen-bond donors (Lipinski definition) is 1. The minimum Gasteiger partial charge on any atom is -0.477 e. The summed E-state index contributed by atoms with van der Waals surface area (Å²) in [7, 11) is 0. The van der Waals surface area contributed by atoms with Crippen LogP contribution in [0.3, 0.4) is 0 Å². The smallest absolute Gasteiger partial charge is 0.416 e. The summed E-state index contributed by atoms with van der Waals surface area (Å²) in [6.45, 7) is 3.71. The van der Waals surface area contributed by atoms with Gasteiger partial charge in [0, 0.05) is 5.02 Å². The molecule has 2 aromatic rings. The number of nitrogens with zero attached hydrogens (tertiary/aromatic N) is 2. The van der Waals surface area contributed by atoms with Crippen molar-refractivity contribution in [2.24, 2.45) is 0 Å². The number of rotatable bonds is 4. The van der Waals surface area contributed by atoms with E-state index in [1.807, 2.05) is 13.8 Å². The van der Waals surface area contributed by atoms with E-state index in [1.54, 1.807) is 0 Å². The highest BCUT2D eigenvalue weighted by Crippen LogP contribution is 2.32. The maximum Gasteiger partial charge on any atom is 0.416 e. The number of benzene rings is 1. The molecule has 23 heavy (non-hydrogen) atoms. The fourth-order valence-corrected chi connectivity index (χ4v) is 2.27. The first-order valence-corrected chi connectivity index (χ1v) is 7.14. The molecule has 0 atom stereocenters. The van der Waals surface area contributed by atoms with Crippen LogP contribution in [0.25, 0.3) is 0 Å². The van der Waals surface area contributed by atoms with Crippen molar-refractivity contribution in [3.05, 3.63) is 51.8 Å². The van der Waals surface area contributed by atoms with E-state index in [0.717, 1.165) is 12.1 Å². The Balaban J connectivity index is 2.38. The van der Waals surface area contributed by atoms with Crippen LogP contribution in [0.2, 0.25) is 5.02 Å². The van der Waals surface area contributed by atoms with Gasteiger partial charge in [0.1, 0.15) is 5.69 Å². The van der Waals surface area contributed by atoms with Gasteiger partial charge < -0.3 is 5.11 Å². The summed E-state index contributed by atoms with van der Waals surface area (Å²) >= 11 is 5.90. The van der Waals surface area contributed by atoms with Crippen molar-refractivity contribution in [3.63, 3.8) is 0 Å². The molecule has 8 heteroatoms. The van der Waals surface area contributed by atoms with E-state index in [1.165, 1.54) is 16.8 Å². The second-order valence-corrected chi connectivity index (χ2v) is 5.78. The number of aromatic nitrogens is 2. The number of aromatic carboxylic acids is 1. The Morgan fingerprint density at radius 2 is 2.00 bits per heavy atom. The van der Waals surface area contributed by atoms with Crippen molar-refractivity contribution in [2.75, 3.05) is 0 Å². The zero-order valence-electron chi connectivity index (χ0n) is 12.4. The van der Waals surface area contributed by atoms with Crippen molar-refractivity contribution >= 4 is 17.6 Å². The topological polar surface area (TPSA) is 55.1 Å². The van der Waals surface area contributed by atoms with Crippen LogP contribution in [-0.4, -0.2) is 20.9 Å². The van der Waals surface area contributed by atoms with Gasteiger partial charge in [0.25, 0.3) is 0 Å². The van der Waals surface area contributed by atoms with E-state index in [9.17, 15) is 23.1 Å². The number of alkyl halides is 3. The van der Waals surface area contributed by atoms with Gasteiger partial charge in [-0.15, -0.1) is 0 Å². The Hall–Kier alpha value is -2.02. The molecule has 4 nitrogen and oxygen atoms in total. The highest BCUT2D eigenvalue weighted by Gasteiger charge is 2.31. The third kappa shape index (κ3) is 3.85. The molecule has 0 unspecified atom stereocenters. The van der Waals surface area contributed by atoms with E-state index in [2.05, 4.69) is 5.10 Å². The van der Waals surface area contributed by atoms with E-state index >= 15 is 0 Å². The molecule has 2 rings (SSSR count). The van der Waals surface area contributed by atoms with Gasteiger partial charge in [-0.05, 0) is 29.7 Å². The van der Waals surface area contributed by atoms with Gasteiger partial charge in [0.15, 0.2) is 0 Å². The molecule has 0 aliphatic carbocycles. The molecule has 0 aliphatic rings. The predicted octanol–water partition coefficient (Wildman–Crippen LogP) is 4.43. The van der Waals surface area contributed by atoms with E-state index in [4.69, 9.17) is 11.6 Å². The molecule has 0 bridgehead atoms. The van der Waals surface area contributed by atoms with Crippen LogP contribution in [0.15, 0.2) is 24.3 Å². The van der Waals surface area contributed by atoms with Gasteiger partial charge in [0.05, 0.1) is 17.8 Å². The lowest BCUT2D eigenvalue weighted by Crippen LogP contribution is -2.12. The zero-order valence-corrected chi connectivity index (χ0v) is 13.1. The first-order chi connectivity index (χ1) is 10.6. The Morgan fingerprint density at radius 3 is 2.48 bits per heavy atom. The second kappa shape index (κ2) is 6.23. The summed E-state index contributed by atoms with van der Waals surface area (Å²) in [5.41, 5.74) is 0.0590. The minimum atomic E-state index is -4.48. The molecule has 0 saturated carbocycles. The third-order valence-electron chi connectivity index (χ3n) is 3.31. The van der Waals surface area contributed by atoms with Crippen molar-refractivity contribution in [3.8, 4) is 0 Å². The van der Waals surface area contributed by atoms with Crippen LogP contribution in [0.4, 0.5) is 13.2 Å². The van der Waals surface area contributed by atoms with Crippen molar-refractivity contribution < 1.29 is 23.1 Å². The number of halogens is 4. The lowest BCUT2D eigenvalue weighted by atomic mass is 10.1. The number of carboxylic acids is 1.